The van der Waals surface area contributed by atoms with Crippen molar-refractivity contribution in [3.8, 4) is 5.69 Å². The van der Waals surface area contributed by atoms with Gasteiger partial charge in [0.15, 0.2) is 5.69 Å². The van der Waals surface area contributed by atoms with Crippen molar-refractivity contribution in [3.05, 3.63) is 66.5 Å². The number of nitrogens with zero attached hydrogens (tertiary/aromatic N) is 4. The smallest absolute Gasteiger partial charge is 0.277 e. The highest BCUT2D eigenvalue weighted by molar-refractivity contribution is 6.02. The van der Waals surface area contributed by atoms with Crippen LogP contribution in [0.2, 0.25) is 0 Å². The van der Waals surface area contributed by atoms with Crippen LogP contribution < -0.4 is 10.2 Å². The second-order valence-corrected chi connectivity index (χ2v) is 5.56. The maximum atomic E-state index is 12.4. The molecular formula is C19H21N5O. The highest BCUT2D eigenvalue weighted by Gasteiger charge is 2.12. The van der Waals surface area contributed by atoms with Gasteiger partial charge in [-0.2, -0.15) is 0 Å². The van der Waals surface area contributed by atoms with Gasteiger partial charge in [-0.3, -0.25) is 4.79 Å². The predicted molar refractivity (Wildman–Crippen MR) is 99.3 cm³/mol. The van der Waals surface area contributed by atoms with Crippen LogP contribution in [0.15, 0.2) is 60.8 Å². The summed E-state index contributed by atoms with van der Waals surface area (Å²) in [6.45, 7) is 6.14. The lowest BCUT2D eigenvalue weighted by molar-refractivity contribution is 0.102. The molecule has 0 aliphatic heterocycles. The van der Waals surface area contributed by atoms with Crippen molar-refractivity contribution in [1.82, 2.24) is 15.0 Å². The Balaban J connectivity index is 1.69. The number of carbonyl (C=O) groups is 1. The van der Waals surface area contributed by atoms with Crippen molar-refractivity contribution in [3.63, 3.8) is 0 Å². The molecular weight excluding hydrogens is 314 g/mol. The van der Waals surface area contributed by atoms with E-state index < -0.39 is 0 Å². The molecule has 0 saturated heterocycles. The quantitative estimate of drug-likeness (QED) is 0.750. The molecule has 1 aromatic heterocycles. The van der Waals surface area contributed by atoms with Crippen molar-refractivity contribution in [1.29, 1.82) is 0 Å². The van der Waals surface area contributed by atoms with E-state index in [1.54, 1.807) is 10.9 Å². The van der Waals surface area contributed by atoms with Crippen molar-refractivity contribution < 1.29 is 4.79 Å². The van der Waals surface area contributed by atoms with Crippen LogP contribution in [0, 0.1) is 0 Å². The molecule has 6 nitrogen and oxygen atoms in total. The summed E-state index contributed by atoms with van der Waals surface area (Å²) in [4.78, 5) is 14.6. The number of anilines is 2. The second-order valence-electron chi connectivity index (χ2n) is 5.56. The van der Waals surface area contributed by atoms with Gasteiger partial charge in [-0.1, -0.05) is 23.4 Å². The number of amides is 1. The largest absolute Gasteiger partial charge is 0.372 e. The highest BCUT2D eigenvalue weighted by Crippen LogP contribution is 2.18. The van der Waals surface area contributed by atoms with Gasteiger partial charge in [0.25, 0.3) is 5.91 Å². The first-order valence-electron chi connectivity index (χ1n) is 8.35. The first-order valence-corrected chi connectivity index (χ1v) is 8.35. The topological polar surface area (TPSA) is 63.1 Å². The fourth-order valence-corrected chi connectivity index (χ4v) is 2.61. The molecule has 1 heterocycles. The molecule has 0 spiro atoms. The van der Waals surface area contributed by atoms with E-state index in [0.29, 0.717) is 0 Å². The van der Waals surface area contributed by atoms with Crippen molar-refractivity contribution in [2.45, 2.75) is 13.8 Å². The number of aromatic nitrogens is 3. The van der Waals surface area contributed by atoms with Crippen LogP contribution in [-0.4, -0.2) is 34.0 Å². The maximum absolute atomic E-state index is 12.4. The summed E-state index contributed by atoms with van der Waals surface area (Å²) < 4.78 is 1.58. The molecule has 0 bridgehead atoms. The summed E-state index contributed by atoms with van der Waals surface area (Å²) >= 11 is 0. The molecule has 0 fully saturated rings. The summed E-state index contributed by atoms with van der Waals surface area (Å²) in [6, 6.07) is 17.4. The molecule has 128 valence electrons. The van der Waals surface area contributed by atoms with Crippen LogP contribution in [0.4, 0.5) is 11.4 Å². The number of hydrogen-bond acceptors (Lipinski definition) is 4. The summed E-state index contributed by atoms with van der Waals surface area (Å²) in [5, 5.41) is 10.8. The number of rotatable bonds is 6. The normalized spacial score (nSPS) is 10.5. The van der Waals surface area contributed by atoms with E-state index in [-0.39, 0.29) is 11.6 Å². The van der Waals surface area contributed by atoms with Crippen LogP contribution in [0.1, 0.15) is 24.3 Å². The van der Waals surface area contributed by atoms with Crippen LogP contribution in [0.25, 0.3) is 5.69 Å². The Labute approximate surface area is 147 Å². The highest BCUT2D eigenvalue weighted by atomic mass is 16.2. The predicted octanol–water partition coefficient (Wildman–Crippen LogP) is 3.37. The average Bonchev–Trinajstić information content (AvgIpc) is 3.15. The van der Waals surface area contributed by atoms with Gasteiger partial charge in [0.05, 0.1) is 11.9 Å². The van der Waals surface area contributed by atoms with Crippen molar-refractivity contribution >= 4 is 17.3 Å². The molecule has 1 amide bonds. The van der Waals surface area contributed by atoms with Gasteiger partial charge in [0.1, 0.15) is 0 Å². The molecule has 2 aromatic carbocycles. The van der Waals surface area contributed by atoms with E-state index in [0.717, 1.165) is 30.2 Å². The SMILES string of the molecule is CCN(CC)c1ccc(NC(=O)c2cn(-c3ccccc3)nn2)cc1. The zero-order valence-corrected chi connectivity index (χ0v) is 14.4. The molecule has 0 aliphatic rings. The molecule has 0 atom stereocenters. The molecule has 1 N–H and O–H groups in total. The number of benzene rings is 2. The Bertz CT molecular complexity index is 823. The lowest BCUT2D eigenvalue weighted by atomic mass is 10.2. The summed E-state index contributed by atoms with van der Waals surface area (Å²) in [5.74, 6) is -0.280. The third kappa shape index (κ3) is 3.85. The Hall–Kier alpha value is -3.15. The van der Waals surface area contributed by atoms with Crippen LogP contribution in [-0.2, 0) is 0 Å². The number of nitrogens with one attached hydrogen (secondary N) is 1. The van der Waals surface area contributed by atoms with E-state index in [9.17, 15) is 4.79 Å². The minimum atomic E-state index is -0.280. The van der Waals surface area contributed by atoms with Gasteiger partial charge in [0, 0.05) is 24.5 Å². The Morgan fingerprint density at radius 2 is 1.72 bits per heavy atom. The molecule has 6 heteroatoms. The van der Waals surface area contributed by atoms with Crippen molar-refractivity contribution in [2.24, 2.45) is 0 Å². The molecule has 0 radical (unpaired) electrons. The molecule has 0 saturated carbocycles. The minimum Gasteiger partial charge on any atom is -0.372 e. The number of para-hydroxylation sites is 1. The lowest BCUT2D eigenvalue weighted by Crippen LogP contribution is -2.21. The first-order chi connectivity index (χ1) is 12.2. The first kappa shape index (κ1) is 16.7. The molecule has 3 aromatic rings. The Morgan fingerprint density at radius 1 is 1.04 bits per heavy atom. The van der Waals surface area contributed by atoms with E-state index in [1.165, 1.54) is 0 Å². The monoisotopic (exact) mass is 335 g/mol. The van der Waals surface area contributed by atoms with Gasteiger partial charge >= 0.3 is 0 Å². The van der Waals surface area contributed by atoms with Gasteiger partial charge in [-0.25, -0.2) is 4.68 Å². The molecule has 0 unspecified atom stereocenters. The van der Waals surface area contributed by atoms with E-state index in [1.807, 2.05) is 54.6 Å². The molecule has 3 rings (SSSR count). The third-order valence-electron chi connectivity index (χ3n) is 4.00. The van der Waals surface area contributed by atoms with Gasteiger partial charge in [0.2, 0.25) is 0 Å². The number of carbonyl (C=O) groups excluding carboxylic acids is 1. The average molecular weight is 335 g/mol. The van der Waals surface area contributed by atoms with Crippen LogP contribution >= 0.6 is 0 Å². The van der Waals surface area contributed by atoms with Gasteiger partial charge in [-0.15, -0.1) is 5.10 Å². The Morgan fingerprint density at radius 3 is 2.36 bits per heavy atom. The second kappa shape index (κ2) is 7.61. The lowest BCUT2D eigenvalue weighted by Gasteiger charge is -2.21. The summed E-state index contributed by atoms with van der Waals surface area (Å²) in [7, 11) is 0. The fraction of sp³-hybridized carbons (Fsp3) is 0.211. The minimum absolute atomic E-state index is 0.275. The van der Waals surface area contributed by atoms with Crippen LogP contribution in [0.5, 0.6) is 0 Å². The number of hydrogen-bond donors (Lipinski definition) is 1. The van der Waals surface area contributed by atoms with Crippen LogP contribution in [0.3, 0.4) is 0 Å². The zero-order chi connectivity index (χ0) is 17.6. The third-order valence-corrected chi connectivity index (χ3v) is 4.00. The maximum Gasteiger partial charge on any atom is 0.277 e. The molecule has 25 heavy (non-hydrogen) atoms. The van der Waals surface area contributed by atoms with Gasteiger partial charge in [-0.05, 0) is 50.2 Å². The Kier molecular flexibility index (Phi) is 5.09. The molecule has 0 aliphatic carbocycles. The van der Waals surface area contributed by atoms with Crippen molar-refractivity contribution in [2.75, 3.05) is 23.3 Å². The summed E-state index contributed by atoms with van der Waals surface area (Å²) in [5.41, 5.74) is 3.00. The van der Waals surface area contributed by atoms with E-state index in [4.69, 9.17) is 0 Å². The van der Waals surface area contributed by atoms with Gasteiger partial charge < -0.3 is 10.2 Å². The van der Waals surface area contributed by atoms with E-state index in [2.05, 4.69) is 34.4 Å². The van der Waals surface area contributed by atoms with E-state index >= 15 is 0 Å². The fourth-order valence-electron chi connectivity index (χ4n) is 2.61. The zero-order valence-electron chi connectivity index (χ0n) is 14.4. The summed E-state index contributed by atoms with van der Waals surface area (Å²) in [6.07, 6.45) is 1.62. The standard InChI is InChI=1S/C19H21N5O/c1-3-23(4-2)16-12-10-15(11-13-16)20-19(25)18-14-24(22-21-18)17-8-6-5-7-9-17/h5-14H,3-4H2,1-2H3,(H,20,25).